The molecule has 90 valence electrons. The van der Waals surface area contributed by atoms with E-state index < -0.39 is 5.92 Å². The van der Waals surface area contributed by atoms with E-state index in [1.165, 1.54) is 0 Å². The van der Waals surface area contributed by atoms with Crippen LogP contribution in [0.4, 0.5) is 0 Å². The molecule has 0 aliphatic heterocycles. The Kier molecular flexibility index (Phi) is 5.42. The Bertz CT molecular complexity index is 389. The predicted octanol–water partition coefficient (Wildman–Crippen LogP) is 3.37. The van der Waals surface area contributed by atoms with E-state index in [2.05, 4.69) is 6.07 Å². The first-order valence-electron chi connectivity index (χ1n) is 6.09. The zero-order chi connectivity index (χ0) is 12.7. The SMILES string of the molecule is CC(C)CC(C#N)C(=O)CCc1ccccc1. The highest BCUT2D eigenvalue weighted by atomic mass is 16.1. The van der Waals surface area contributed by atoms with Crippen LogP contribution in [0.15, 0.2) is 30.3 Å². The average molecular weight is 229 g/mol. The number of nitrogens with zero attached hydrogens (tertiary/aromatic N) is 1. The Morgan fingerprint density at radius 2 is 1.94 bits per heavy atom. The highest BCUT2D eigenvalue weighted by Crippen LogP contribution is 2.15. The van der Waals surface area contributed by atoms with E-state index in [9.17, 15) is 4.79 Å². The second-order valence-electron chi connectivity index (χ2n) is 4.76. The summed E-state index contributed by atoms with van der Waals surface area (Å²) in [7, 11) is 0. The molecule has 0 aliphatic rings. The number of carbonyl (C=O) groups excluding carboxylic acids is 1. The van der Waals surface area contributed by atoms with Gasteiger partial charge in [0.05, 0.1) is 6.07 Å². The summed E-state index contributed by atoms with van der Waals surface area (Å²) in [5.41, 5.74) is 1.15. The van der Waals surface area contributed by atoms with Crippen LogP contribution in [0, 0.1) is 23.2 Å². The van der Waals surface area contributed by atoms with Crippen LogP contribution >= 0.6 is 0 Å². The predicted molar refractivity (Wildman–Crippen MR) is 68.3 cm³/mol. The van der Waals surface area contributed by atoms with Gasteiger partial charge in [0.1, 0.15) is 11.7 Å². The standard InChI is InChI=1S/C15H19NO/c1-12(2)10-14(11-16)15(17)9-8-13-6-4-3-5-7-13/h3-7,12,14H,8-10H2,1-2H3. The highest BCUT2D eigenvalue weighted by molar-refractivity contribution is 5.83. The number of Topliss-reactive ketones (excluding diaryl/α,β-unsaturated/α-hetero) is 1. The van der Waals surface area contributed by atoms with Crippen molar-refractivity contribution in [3.05, 3.63) is 35.9 Å². The second-order valence-corrected chi connectivity index (χ2v) is 4.76. The van der Waals surface area contributed by atoms with Crippen LogP contribution in [0.5, 0.6) is 0 Å². The molecule has 0 amide bonds. The molecular weight excluding hydrogens is 210 g/mol. The van der Waals surface area contributed by atoms with Crippen molar-refractivity contribution in [3.63, 3.8) is 0 Å². The summed E-state index contributed by atoms with van der Waals surface area (Å²) in [4.78, 5) is 11.9. The average Bonchev–Trinajstić information content (AvgIpc) is 2.34. The molecular formula is C15H19NO. The molecule has 0 N–H and O–H groups in total. The van der Waals surface area contributed by atoms with E-state index in [-0.39, 0.29) is 5.78 Å². The van der Waals surface area contributed by atoms with Crippen molar-refractivity contribution >= 4 is 5.78 Å². The molecule has 17 heavy (non-hydrogen) atoms. The maximum absolute atomic E-state index is 11.9. The minimum Gasteiger partial charge on any atom is -0.298 e. The van der Waals surface area contributed by atoms with Crippen molar-refractivity contribution in [1.29, 1.82) is 5.26 Å². The van der Waals surface area contributed by atoms with E-state index in [0.29, 0.717) is 18.8 Å². The largest absolute Gasteiger partial charge is 0.298 e. The molecule has 1 atom stereocenters. The van der Waals surface area contributed by atoms with Crippen molar-refractivity contribution in [2.75, 3.05) is 0 Å². The molecule has 2 heteroatoms. The molecule has 0 aromatic heterocycles. The number of rotatable bonds is 6. The van der Waals surface area contributed by atoms with Gasteiger partial charge in [-0.05, 0) is 24.3 Å². The molecule has 0 aliphatic carbocycles. The molecule has 0 saturated heterocycles. The zero-order valence-corrected chi connectivity index (χ0v) is 10.5. The number of hydrogen-bond donors (Lipinski definition) is 0. The lowest BCUT2D eigenvalue weighted by Crippen LogP contribution is -2.15. The van der Waals surface area contributed by atoms with Crippen LogP contribution in [-0.4, -0.2) is 5.78 Å². The molecule has 0 saturated carbocycles. The van der Waals surface area contributed by atoms with Gasteiger partial charge >= 0.3 is 0 Å². The van der Waals surface area contributed by atoms with Crippen LogP contribution < -0.4 is 0 Å². The van der Waals surface area contributed by atoms with Crippen molar-refractivity contribution in [3.8, 4) is 6.07 Å². The number of aryl methyl sites for hydroxylation is 1. The van der Waals surface area contributed by atoms with Crippen LogP contribution in [0.3, 0.4) is 0 Å². The molecule has 0 fully saturated rings. The summed E-state index contributed by atoms with van der Waals surface area (Å²) in [5.74, 6) is 0.0316. The van der Waals surface area contributed by atoms with E-state index >= 15 is 0 Å². The Labute approximate surface area is 103 Å². The first kappa shape index (κ1) is 13.4. The minimum absolute atomic E-state index is 0.0741. The lowest BCUT2D eigenvalue weighted by Gasteiger charge is -2.10. The van der Waals surface area contributed by atoms with E-state index in [4.69, 9.17) is 5.26 Å². The first-order valence-corrected chi connectivity index (χ1v) is 6.09. The van der Waals surface area contributed by atoms with Gasteiger partial charge in [0.25, 0.3) is 0 Å². The first-order chi connectivity index (χ1) is 8.13. The number of hydrogen-bond acceptors (Lipinski definition) is 2. The fourth-order valence-electron chi connectivity index (χ4n) is 1.81. The second kappa shape index (κ2) is 6.85. The quantitative estimate of drug-likeness (QED) is 0.750. The third kappa shape index (κ3) is 4.82. The molecule has 1 rings (SSSR count). The van der Waals surface area contributed by atoms with Gasteiger partial charge in [-0.15, -0.1) is 0 Å². The van der Waals surface area contributed by atoms with Crippen LogP contribution in [-0.2, 0) is 11.2 Å². The van der Waals surface area contributed by atoms with Crippen LogP contribution in [0.1, 0.15) is 32.3 Å². The summed E-state index contributed by atoms with van der Waals surface area (Å²) >= 11 is 0. The van der Waals surface area contributed by atoms with Gasteiger partial charge in [-0.1, -0.05) is 44.2 Å². The van der Waals surface area contributed by atoms with Crippen molar-refractivity contribution in [1.82, 2.24) is 0 Å². The van der Waals surface area contributed by atoms with Gasteiger partial charge in [-0.25, -0.2) is 0 Å². The summed E-state index contributed by atoms with van der Waals surface area (Å²) in [6.07, 6.45) is 1.87. The Balaban J connectivity index is 2.46. The molecule has 1 unspecified atom stereocenters. The Morgan fingerprint density at radius 1 is 1.29 bits per heavy atom. The topological polar surface area (TPSA) is 40.9 Å². The maximum Gasteiger partial charge on any atom is 0.150 e. The van der Waals surface area contributed by atoms with Crippen molar-refractivity contribution in [2.45, 2.75) is 33.1 Å². The van der Waals surface area contributed by atoms with E-state index in [1.54, 1.807) is 0 Å². The Hall–Kier alpha value is -1.62. The van der Waals surface area contributed by atoms with Gasteiger partial charge in [-0.2, -0.15) is 5.26 Å². The number of carbonyl (C=O) groups is 1. The molecule has 2 nitrogen and oxygen atoms in total. The Morgan fingerprint density at radius 3 is 2.47 bits per heavy atom. The van der Waals surface area contributed by atoms with Crippen molar-refractivity contribution in [2.24, 2.45) is 11.8 Å². The van der Waals surface area contributed by atoms with Crippen LogP contribution in [0.2, 0.25) is 0 Å². The third-order valence-corrected chi connectivity index (χ3v) is 2.75. The van der Waals surface area contributed by atoms with Crippen molar-refractivity contribution < 1.29 is 4.79 Å². The van der Waals surface area contributed by atoms with E-state index in [1.807, 2.05) is 44.2 Å². The fraction of sp³-hybridized carbons (Fsp3) is 0.467. The van der Waals surface area contributed by atoms with Gasteiger partial charge in [0, 0.05) is 6.42 Å². The lowest BCUT2D eigenvalue weighted by molar-refractivity contribution is -0.121. The minimum atomic E-state index is -0.432. The zero-order valence-electron chi connectivity index (χ0n) is 10.5. The van der Waals surface area contributed by atoms with Gasteiger partial charge in [-0.3, -0.25) is 4.79 Å². The molecule has 0 bridgehead atoms. The fourth-order valence-corrected chi connectivity index (χ4v) is 1.81. The molecule has 0 heterocycles. The highest BCUT2D eigenvalue weighted by Gasteiger charge is 2.18. The summed E-state index contributed by atoms with van der Waals surface area (Å²) in [6.45, 7) is 4.07. The molecule has 1 aromatic rings. The lowest BCUT2D eigenvalue weighted by atomic mass is 9.91. The summed E-state index contributed by atoms with van der Waals surface area (Å²) < 4.78 is 0. The monoisotopic (exact) mass is 229 g/mol. The van der Waals surface area contributed by atoms with E-state index in [0.717, 1.165) is 12.0 Å². The maximum atomic E-state index is 11.9. The van der Waals surface area contributed by atoms with Crippen LogP contribution in [0.25, 0.3) is 0 Å². The van der Waals surface area contributed by atoms with Gasteiger partial charge < -0.3 is 0 Å². The number of ketones is 1. The number of benzene rings is 1. The number of nitriles is 1. The normalized spacial score (nSPS) is 12.1. The summed E-state index contributed by atoms with van der Waals surface area (Å²) in [5, 5.41) is 8.97. The molecule has 0 radical (unpaired) electrons. The van der Waals surface area contributed by atoms with Gasteiger partial charge in [0.15, 0.2) is 0 Å². The smallest absolute Gasteiger partial charge is 0.150 e. The molecule has 1 aromatic carbocycles. The molecule has 0 spiro atoms. The third-order valence-electron chi connectivity index (χ3n) is 2.75. The summed E-state index contributed by atoms with van der Waals surface area (Å²) in [6, 6.07) is 12.0. The van der Waals surface area contributed by atoms with Gasteiger partial charge in [0.2, 0.25) is 0 Å².